The number of rotatable bonds is 5. The van der Waals surface area contributed by atoms with E-state index in [1.807, 2.05) is 6.07 Å². The molecule has 6 nitrogen and oxygen atoms in total. The standard InChI is InChI=1S/C11H13N3O3/c1-16-10-4-7(5-12)2-3-9(10)17-6-8(13)11(14)15/h2-4,8H,6,13H2,1H3,(H2,14,15). The molecule has 0 fully saturated rings. The zero-order chi connectivity index (χ0) is 12.8. The Morgan fingerprint density at radius 3 is 2.76 bits per heavy atom. The Morgan fingerprint density at radius 1 is 1.53 bits per heavy atom. The molecule has 0 aliphatic carbocycles. The molecular weight excluding hydrogens is 222 g/mol. The summed E-state index contributed by atoms with van der Waals surface area (Å²) in [6.07, 6.45) is 0. The molecule has 1 atom stereocenters. The van der Waals surface area contributed by atoms with Crippen molar-refractivity contribution < 1.29 is 14.3 Å². The highest BCUT2D eigenvalue weighted by atomic mass is 16.5. The molecule has 90 valence electrons. The largest absolute Gasteiger partial charge is 0.493 e. The SMILES string of the molecule is COc1cc(C#N)ccc1OCC(N)C(N)=O. The van der Waals surface area contributed by atoms with Gasteiger partial charge in [-0.15, -0.1) is 0 Å². The van der Waals surface area contributed by atoms with Crippen LogP contribution in [0.5, 0.6) is 11.5 Å². The highest BCUT2D eigenvalue weighted by Gasteiger charge is 2.12. The molecule has 6 heteroatoms. The highest BCUT2D eigenvalue weighted by molar-refractivity contribution is 5.79. The smallest absolute Gasteiger partial charge is 0.237 e. The maximum absolute atomic E-state index is 10.7. The number of carbonyl (C=O) groups excluding carboxylic acids is 1. The third kappa shape index (κ3) is 3.36. The number of carbonyl (C=O) groups is 1. The van der Waals surface area contributed by atoms with Gasteiger partial charge in [0.15, 0.2) is 11.5 Å². The quantitative estimate of drug-likeness (QED) is 0.731. The van der Waals surface area contributed by atoms with Crippen LogP contribution in [0.25, 0.3) is 0 Å². The normalized spacial score (nSPS) is 11.4. The minimum Gasteiger partial charge on any atom is -0.493 e. The molecule has 1 amide bonds. The fourth-order valence-electron chi connectivity index (χ4n) is 1.12. The van der Waals surface area contributed by atoms with Gasteiger partial charge in [-0.3, -0.25) is 4.79 Å². The maximum atomic E-state index is 10.7. The number of amides is 1. The maximum Gasteiger partial charge on any atom is 0.237 e. The van der Waals surface area contributed by atoms with Crippen molar-refractivity contribution in [2.45, 2.75) is 6.04 Å². The van der Waals surface area contributed by atoms with Crippen molar-refractivity contribution in [2.24, 2.45) is 11.5 Å². The first-order chi connectivity index (χ1) is 8.08. The molecule has 1 aromatic carbocycles. The zero-order valence-corrected chi connectivity index (χ0v) is 9.34. The van der Waals surface area contributed by atoms with Gasteiger partial charge in [0.05, 0.1) is 18.7 Å². The van der Waals surface area contributed by atoms with Crippen molar-refractivity contribution >= 4 is 5.91 Å². The lowest BCUT2D eigenvalue weighted by molar-refractivity contribution is -0.119. The van der Waals surface area contributed by atoms with Gasteiger partial charge in [-0.2, -0.15) is 5.26 Å². The summed E-state index contributed by atoms with van der Waals surface area (Å²) in [4.78, 5) is 10.7. The molecular formula is C11H13N3O3. The predicted octanol–water partition coefficient (Wildman–Crippen LogP) is -0.242. The fourth-order valence-corrected chi connectivity index (χ4v) is 1.12. The van der Waals surface area contributed by atoms with E-state index in [4.69, 9.17) is 26.2 Å². The van der Waals surface area contributed by atoms with E-state index in [2.05, 4.69) is 0 Å². The van der Waals surface area contributed by atoms with Crippen LogP contribution in [0.3, 0.4) is 0 Å². The molecule has 0 radical (unpaired) electrons. The predicted molar refractivity (Wildman–Crippen MR) is 60.4 cm³/mol. The summed E-state index contributed by atoms with van der Waals surface area (Å²) in [7, 11) is 1.46. The van der Waals surface area contributed by atoms with E-state index in [0.29, 0.717) is 17.1 Å². The molecule has 0 aliphatic heterocycles. The summed E-state index contributed by atoms with van der Waals surface area (Å²) >= 11 is 0. The first-order valence-corrected chi connectivity index (χ1v) is 4.84. The van der Waals surface area contributed by atoms with Gasteiger partial charge < -0.3 is 20.9 Å². The Bertz CT molecular complexity index is 454. The number of ether oxygens (including phenoxy) is 2. The molecule has 0 saturated heterocycles. The van der Waals surface area contributed by atoms with Gasteiger partial charge in [0.1, 0.15) is 12.6 Å². The van der Waals surface area contributed by atoms with Gasteiger partial charge in [-0.25, -0.2) is 0 Å². The van der Waals surface area contributed by atoms with Gasteiger partial charge in [-0.1, -0.05) is 0 Å². The first-order valence-electron chi connectivity index (χ1n) is 4.84. The van der Waals surface area contributed by atoms with Crippen LogP contribution < -0.4 is 20.9 Å². The molecule has 0 spiro atoms. The number of benzene rings is 1. The van der Waals surface area contributed by atoms with Gasteiger partial charge in [0.25, 0.3) is 0 Å². The van der Waals surface area contributed by atoms with E-state index < -0.39 is 11.9 Å². The molecule has 0 aromatic heterocycles. The Kier molecular flexibility index (Phi) is 4.31. The molecule has 1 unspecified atom stereocenters. The summed E-state index contributed by atoms with van der Waals surface area (Å²) < 4.78 is 10.3. The van der Waals surface area contributed by atoms with Gasteiger partial charge in [0, 0.05) is 6.07 Å². The van der Waals surface area contributed by atoms with Crippen LogP contribution in [0, 0.1) is 11.3 Å². The fraction of sp³-hybridized carbons (Fsp3) is 0.273. The lowest BCUT2D eigenvalue weighted by atomic mass is 10.2. The molecule has 1 rings (SSSR count). The van der Waals surface area contributed by atoms with Crippen LogP contribution in [-0.2, 0) is 4.79 Å². The molecule has 0 aliphatic rings. The van der Waals surface area contributed by atoms with Crippen molar-refractivity contribution in [1.82, 2.24) is 0 Å². The summed E-state index contributed by atoms with van der Waals surface area (Å²) in [5, 5.41) is 8.71. The van der Waals surface area contributed by atoms with Crippen molar-refractivity contribution in [3.05, 3.63) is 23.8 Å². The number of methoxy groups -OCH3 is 1. The monoisotopic (exact) mass is 235 g/mol. The van der Waals surface area contributed by atoms with Gasteiger partial charge in [0.2, 0.25) is 5.91 Å². The molecule has 17 heavy (non-hydrogen) atoms. The molecule has 0 heterocycles. The summed E-state index contributed by atoms with van der Waals surface area (Å²) in [6.45, 7) is -0.0441. The van der Waals surface area contributed by atoms with Gasteiger partial charge in [-0.05, 0) is 12.1 Å². The van der Waals surface area contributed by atoms with Crippen molar-refractivity contribution in [2.75, 3.05) is 13.7 Å². The van der Waals surface area contributed by atoms with E-state index in [-0.39, 0.29) is 6.61 Å². The summed E-state index contributed by atoms with van der Waals surface area (Å²) in [5.41, 5.74) is 10.9. The Hall–Kier alpha value is -2.26. The number of nitriles is 1. The second-order valence-corrected chi connectivity index (χ2v) is 3.30. The Balaban J connectivity index is 2.78. The van der Waals surface area contributed by atoms with Crippen LogP contribution in [-0.4, -0.2) is 25.7 Å². The molecule has 0 bridgehead atoms. The van der Waals surface area contributed by atoms with Crippen molar-refractivity contribution in [3.8, 4) is 17.6 Å². The van der Waals surface area contributed by atoms with E-state index in [1.54, 1.807) is 12.1 Å². The highest BCUT2D eigenvalue weighted by Crippen LogP contribution is 2.27. The lowest BCUT2D eigenvalue weighted by Gasteiger charge is -2.12. The Labute approximate surface area is 98.7 Å². The average Bonchev–Trinajstić information content (AvgIpc) is 2.35. The molecule has 0 saturated carbocycles. The average molecular weight is 235 g/mol. The first kappa shape index (κ1) is 12.8. The number of hydrogen-bond acceptors (Lipinski definition) is 5. The van der Waals surface area contributed by atoms with Crippen LogP contribution in [0.2, 0.25) is 0 Å². The van der Waals surface area contributed by atoms with Crippen LogP contribution in [0.15, 0.2) is 18.2 Å². The lowest BCUT2D eigenvalue weighted by Crippen LogP contribution is -2.41. The van der Waals surface area contributed by atoms with E-state index in [0.717, 1.165) is 0 Å². The van der Waals surface area contributed by atoms with Crippen LogP contribution in [0.1, 0.15) is 5.56 Å². The zero-order valence-electron chi connectivity index (χ0n) is 9.34. The third-order valence-corrected chi connectivity index (χ3v) is 2.08. The van der Waals surface area contributed by atoms with Gasteiger partial charge >= 0.3 is 0 Å². The van der Waals surface area contributed by atoms with Crippen LogP contribution in [0.4, 0.5) is 0 Å². The number of primary amides is 1. The Morgan fingerprint density at radius 2 is 2.24 bits per heavy atom. The molecule has 4 N–H and O–H groups in total. The van der Waals surface area contributed by atoms with Crippen molar-refractivity contribution in [1.29, 1.82) is 5.26 Å². The van der Waals surface area contributed by atoms with Crippen LogP contribution >= 0.6 is 0 Å². The minimum absolute atomic E-state index is 0.0441. The van der Waals surface area contributed by atoms with E-state index in [9.17, 15) is 4.79 Å². The van der Waals surface area contributed by atoms with E-state index >= 15 is 0 Å². The number of hydrogen-bond donors (Lipinski definition) is 2. The minimum atomic E-state index is -0.879. The third-order valence-electron chi connectivity index (χ3n) is 2.08. The molecule has 1 aromatic rings. The second kappa shape index (κ2) is 5.72. The van der Waals surface area contributed by atoms with E-state index in [1.165, 1.54) is 13.2 Å². The summed E-state index contributed by atoms with van der Waals surface area (Å²) in [6, 6.07) is 5.78. The van der Waals surface area contributed by atoms with Crippen molar-refractivity contribution in [3.63, 3.8) is 0 Å². The number of nitrogens with zero attached hydrogens (tertiary/aromatic N) is 1. The summed E-state index contributed by atoms with van der Waals surface area (Å²) in [5.74, 6) is 0.168. The number of nitrogens with two attached hydrogens (primary N) is 2. The topological polar surface area (TPSA) is 111 Å². The second-order valence-electron chi connectivity index (χ2n) is 3.30.